The fraction of sp³-hybridized carbons (Fsp3) is 0.0667. The highest BCUT2D eigenvalue weighted by Crippen LogP contribution is 2.21. The molecule has 0 spiro atoms. The van der Waals surface area contributed by atoms with Crippen LogP contribution in [-0.4, -0.2) is 16.7 Å². The number of aromatic hydroxyl groups is 1. The molecular weight excluding hydrogens is 275 g/mol. The first-order valence-electron chi connectivity index (χ1n) is 6.12. The summed E-state index contributed by atoms with van der Waals surface area (Å²) in [5, 5.41) is 13.1. The van der Waals surface area contributed by atoms with Crippen LogP contribution in [0.1, 0.15) is 12.0 Å². The van der Waals surface area contributed by atoms with E-state index in [-0.39, 0.29) is 17.9 Å². The summed E-state index contributed by atoms with van der Waals surface area (Å²) in [4.78, 5) is 16.2. The predicted molar refractivity (Wildman–Crippen MR) is 75.5 cm³/mol. The van der Waals surface area contributed by atoms with Gasteiger partial charge in [-0.3, -0.25) is 4.79 Å². The van der Waals surface area contributed by atoms with Gasteiger partial charge >= 0.3 is 0 Å². The van der Waals surface area contributed by atoms with Gasteiger partial charge in [-0.2, -0.15) is 0 Å². The van der Waals surface area contributed by atoms with Gasteiger partial charge in [0.25, 0.3) is 0 Å². The molecule has 6 heteroatoms. The van der Waals surface area contributed by atoms with E-state index in [2.05, 4.69) is 5.16 Å². The van der Waals surface area contributed by atoms with Crippen molar-refractivity contribution in [1.29, 1.82) is 0 Å². The van der Waals surface area contributed by atoms with Gasteiger partial charge in [-0.05, 0) is 5.56 Å². The maximum absolute atomic E-state index is 13.1. The van der Waals surface area contributed by atoms with Crippen LogP contribution in [0.25, 0.3) is 0 Å². The second-order valence-electron chi connectivity index (χ2n) is 4.28. The third kappa shape index (κ3) is 4.31. The summed E-state index contributed by atoms with van der Waals surface area (Å²) in [6, 6.07) is 12.1. The fourth-order valence-electron chi connectivity index (χ4n) is 1.69. The molecule has 0 radical (unpaired) electrons. The number of carbonyl (C=O) groups excluding carboxylic acids is 1. The van der Waals surface area contributed by atoms with E-state index in [1.807, 2.05) is 6.07 Å². The molecule has 3 N–H and O–H groups in total. The van der Waals surface area contributed by atoms with Gasteiger partial charge in [-0.1, -0.05) is 35.5 Å². The van der Waals surface area contributed by atoms with Crippen LogP contribution in [0.4, 0.5) is 4.39 Å². The standard InChI is InChI=1S/C15H13FN2O3/c16-11-6-12(19)8-13(7-11)21-18-14(9-15(17)20)10-4-2-1-3-5-10/h1-8,19H,9H2,(H2,17,20)/b18-14+. The van der Waals surface area contributed by atoms with Gasteiger partial charge in [-0.25, -0.2) is 4.39 Å². The summed E-state index contributed by atoms with van der Waals surface area (Å²) in [5.41, 5.74) is 6.15. The molecule has 0 bridgehead atoms. The van der Waals surface area contributed by atoms with E-state index in [1.54, 1.807) is 24.3 Å². The second kappa shape index (κ2) is 6.51. The van der Waals surface area contributed by atoms with Gasteiger partial charge in [-0.15, -0.1) is 0 Å². The van der Waals surface area contributed by atoms with E-state index in [1.165, 1.54) is 6.07 Å². The van der Waals surface area contributed by atoms with Crippen molar-refractivity contribution in [3.8, 4) is 11.5 Å². The summed E-state index contributed by atoms with van der Waals surface area (Å²) in [6.07, 6.45) is -0.120. The zero-order valence-electron chi connectivity index (χ0n) is 11.0. The first-order valence-corrected chi connectivity index (χ1v) is 6.12. The van der Waals surface area contributed by atoms with Crippen LogP contribution < -0.4 is 10.6 Å². The zero-order chi connectivity index (χ0) is 15.2. The summed E-state index contributed by atoms with van der Waals surface area (Å²) in [5.74, 6) is -1.48. The smallest absolute Gasteiger partial charge is 0.223 e. The van der Waals surface area contributed by atoms with Crippen molar-refractivity contribution in [3.05, 3.63) is 59.9 Å². The average Bonchev–Trinajstić information content (AvgIpc) is 2.43. The number of amides is 1. The second-order valence-corrected chi connectivity index (χ2v) is 4.28. The van der Waals surface area contributed by atoms with Gasteiger partial charge < -0.3 is 15.7 Å². The Bertz CT molecular complexity index is 652. The number of oxime groups is 1. The quantitative estimate of drug-likeness (QED) is 0.653. The van der Waals surface area contributed by atoms with Crippen LogP contribution in [0.15, 0.2) is 53.7 Å². The lowest BCUT2D eigenvalue weighted by atomic mass is 10.1. The van der Waals surface area contributed by atoms with Crippen LogP contribution in [-0.2, 0) is 4.79 Å². The minimum Gasteiger partial charge on any atom is -0.508 e. The molecule has 108 valence electrons. The molecule has 5 nitrogen and oxygen atoms in total. The third-order valence-electron chi connectivity index (χ3n) is 2.57. The molecule has 0 unspecified atom stereocenters. The normalized spacial score (nSPS) is 11.2. The summed E-state index contributed by atoms with van der Waals surface area (Å²) in [7, 11) is 0. The van der Waals surface area contributed by atoms with Crippen LogP contribution in [0.5, 0.6) is 11.5 Å². The monoisotopic (exact) mass is 288 g/mol. The SMILES string of the molecule is NC(=O)C/C(=N\Oc1cc(O)cc(F)c1)c1ccccc1. The molecule has 21 heavy (non-hydrogen) atoms. The van der Waals surface area contributed by atoms with Gasteiger partial charge in [0.2, 0.25) is 5.91 Å². The Morgan fingerprint density at radius 3 is 2.57 bits per heavy atom. The number of benzene rings is 2. The highest BCUT2D eigenvalue weighted by atomic mass is 19.1. The molecule has 0 aliphatic rings. The number of nitrogens with zero attached hydrogens (tertiary/aromatic N) is 1. The molecule has 2 rings (SSSR count). The number of carbonyl (C=O) groups is 1. The molecule has 2 aromatic carbocycles. The number of primary amides is 1. The van der Waals surface area contributed by atoms with E-state index in [4.69, 9.17) is 10.6 Å². The maximum atomic E-state index is 13.1. The van der Waals surface area contributed by atoms with Crippen LogP contribution in [0.2, 0.25) is 0 Å². The van der Waals surface area contributed by atoms with Crippen molar-refractivity contribution in [2.75, 3.05) is 0 Å². The Morgan fingerprint density at radius 1 is 1.24 bits per heavy atom. The van der Waals surface area contributed by atoms with E-state index in [0.29, 0.717) is 11.3 Å². The summed E-state index contributed by atoms with van der Waals surface area (Å²) in [6.45, 7) is 0. The molecule has 0 aliphatic carbocycles. The van der Waals surface area contributed by atoms with Gasteiger partial charge in [0.1, 0.15) is 11.6 Å². The molecule has 2 aromatic rings. The van der Waals surface area contributed by atoms with Crippen molar-refractivity contribution in [1.82, 2.24) is 0 Å². The Labute approximate surface area is 120 Å². The lowest BCUT2D eigenvalue weighted by Crippen LogP contribution is -2.17. The van der Waals surface area contributed by atoms with Gasteiger partial charge in [0, 0.05) is 18.2 Å². The lowest BCUT2D eigenvalue weighted by molar-refractivity contribution is -0.116. The highest BCUT2D eigenvalue weighted by molar-refractivity contribution is 6.09. The zero-order valence-corrected chi connectivity index (χ0v) is 11.0. The largest absolute Gasteiger partial charge is 0.508 e. The fourth-order valence-corrected chi connectivity index (χ4v) is 1.69. The topological polar surface area (TPSA) is 84.9 Å². The number of hydrogen-bond donors (Lipinski definition) is 2. The number of hydrogen-bond acceptors (Lipinski definition) is 4. The van der Waals surface area contributed by atoms with Crippen molar-refractivity contribution in [3.63, 3.8) is 0 Å². The number of phenols is 1. The van der Waals surface area contributed by atoms with Crippen molar-refractivity contribution < 1.29 is 19.1 Å². The van der Waals surface area contributed by atoms with E-state index < -0.39 is 11.7 Å². The minimum absolute atomic E-state index is 0.0189. The van der Waals surface area contributed by atoms with Gasteiger partial charge in [0.05, 0.1) is 12.1 Å². The molecule has 0 saturated heterocycles. The molecule has 0 fully saturated rings. The number of rotatable bonds is 5. The van der Waals surface area contributed by atoms with Gasteiger partial charge in [0.15, 0.2) is 5.75 Å². The van der Waals surface area contributed by atoms with Crippen molar-refractivity contribution in [2.24, 2.45) is 10.9 Å². The lowest BCUT2D eigenvalue weighted by Gasteiger charge is -2.05. The number of nitrogens with two attached hydrogens (primary N) is 1. The van der Waals surface area contributed by atoms with E-state index in [9.17, 15) is 14.3 Å². The summed E-state index contributed by atoms with van der Waals surface area (Å²) < 4.78 is 13.1. The number of phenolic OH excluding ortho intramolecular Hbond substituents is 1. The first kappa shape index (κ1) is 14.5. The van der Waals surface area contributed by atoms with Crippen molar-refractivity contribution >= 4 is 11.6 Å². The molecule has 0 atom stereocenters. The Hall–Kier alpha value is -2.89. The predicted octanol–water partition coefficient (Wildman–Crippen LogP) is 2.19. The molecule has 1 amide bonds. The first-order chi connectivity index (χ1) is 10.0. The van der Waals surface area contributed by atoms with Crippen LogP contribution in [0, 0.1) is 5.82 Å². The third-order valence-corrected chi connectivity index (χ3v) is 2.57. The summed E-state index contributed by atoms with van der Waals surface area (Å²) >= 11 is 0. The molecule has 0 aromatic heterocycles. The average molecular weight is 288 g/mol. The molecule has 0 heterocycles. The molecule has 0 saturated carbocycles. The highest BCUT2D eigenvalue weighted by Gasteiger charge is 2.09. The van der Waals surface area contributed by atoms with E-state index >= 15 is 0 Å². The molecular formula is C15H13FN2O3. The maximum Gasteiger partial charge on any atom is 0.223 e. The Kier molecular flexibility index (Phi) is 4.50. The van der Waals surface area contributed by atoms with Crippen LogP contribution in [0.3, 0.4) is 0 Å². The molecule has 0 aliphatic heterocycles. The Balaban J connectivity index is 2.26. The number of halogens is 1. The Morgan fingerprint density at radius 2 is 1.95 bits per heavy atom. The minimum atomic E-state index is -0.656. The van der Waals surface area contributed by atoms with Crippen molar-refractivity contribution in [2.45, 2.75) is 6.42 Å². The van der Waals surface area contributed by atoms with Crippen LogP contribution >= 0.6 is 0 Å². The van der Waals surface area contributed by atoms with E-state index in [0.717, 1.165) is 12.1 Å².